The molecule has 1 aliphatic heterocycles. The number of nitrogens with zero attached hydrogens (tertiary/aromatic N) is 2. The number of hydrogen-bond donors (Lipinski definition) is 1. The van der Waals surface area contributed by atoms with Crippen LogP contribution in [0.3, 0.4) is 0 Å². The number of aromatic nitrogens is 2. The molecule has 0 fully saturated rings. The minimum Gasteiger partial charge on any atom is -0.492 e. The molecule has 1 atom stereocenters. The molecule has 0 radical (unpaired) electrons. The third-order valence-electron chi connectivity index (χ3n) is 7.54. The summed E-state index contributed by atoms with van der Waals surface area (Å²) >= 11 is 23.2. The molecule has 1 N–H and O–H groups in total. The van der Waals surface area contributed by atoms with Crippen molar-refractivity contribution in [3.8, 4) is 17.0 Å². The lowest BCUT2D eigenvalue weighted by Gasteiger charge is -2.11. The third kappa shape index (κ3) is 10.3. The Labute approximate surface area is 295 Å². The fourth-order valence-corrected chi connectivity index (χ4v) is 6.88. The lowest BCUT2D eigenvalue weighted by atomic mass is 10.1. The summed E-state index contributed by atoms with van der Waals surface area (Å²) in [6.07, 6.45) is 5.38. The van der Waals surface area contributed by atoms with Gasteiger partial charge < -0.3 is 4.74 Å². The second-order valence-electron chi connectivity index (χ2n) is 11.2. The van der Waals surface area contributed by atoms with Crippen molar-refractivity contribution in [3.05, 3.63) is 107 Å². The van der Waals surface area contributed by atoms with Crippen LogP contribution in [0.15, 0.2) is 85.1 Å². The third-order valence-corrected chi connectivity index (χ3v) is 9.42. The van der Waals surface area contributed by atoms with E-state index in [0.717, 1.165) is 34.5 Å². The van der Waals surface area contributed by atoms with Crippen LogP contribution in [-0.4, -0.2) is 48.1 Å². The quantitative estimate of drug-likeness (QED) is 0.0581. The minimum atomic E-state index is -3.75. The van der Waals surface area contributed by atoms with Crippen LogP contribution in [0.4, 0.5) is 5.82 Å². The summed E-state index contributed by atoms with van der Waals surface area (Å²) in [6, 6.07) is 24.9. The number of hydrogen-bond acceptors (Lipinski definition) is 7. The van der Waals surface area contributed by atoms with Crippen LogP contribution in [0.25, 0.3) is 11.3 Å². The number of carbonyl (C=O) groups is 1. The van der Waals surface area contributed by atoms with Gasteiger partial charge in [-0.2, -0.15) is 13.0 Å². The van der Waals surface area contributed by atoms with E-state index < -0.39 is 26.6 Å². The number of halogens is 4. The van der Waals surface area contributed by atoms with Crippen molar-refractivity contribution in [1.82, 2.24) is 4.98 Å². The van der Waals surface area contributed by atoms with E-state index in [0.29, 0.717) is 55.3 Å². The molecule has 47 heavy (non-hydrogen) atoms. The Morgan fingerprint density at radius 1 is 0.894 bits per heavy atom. The van der Waals surface area contributed by atoms with E-state index in [1.54, 1.807) is 10.8 Å². The molecular weight excluding hydrogens is 704 g/mol. The number of benzene rings is 3. The van der Waals surface area contributed by atoms with Gasteiger partial charge in [0, 0.05) is 18.4 Å². The number of carbonyl (C=O) groups excluding carboxylic acids is 1. The Morgan fingerprint density at radius 3 is 2.30 bits per heavy atom. The van der Waals surface area contributed by atoms with Gasteiger partial charge in [0.1, 0.15) is 29.9 Å². The molecule has 2 heterocycles. The van der Waals surface area contributed by atoms with Crippen molar-refractivity contribution >= 4 is 68.2 Å². The molecule has 4 aromatic rings. The summed E-state index contributed by atoms with van der Waals surface area (Å²) in [5, 5.41) is 3.88. The number of nitrogens with one attached hydrogen (secondary N) is 1. The van der Waals surface area contributed by atoms with Crippen LogP contribution < -0.4 is 14.6 Å². The van der Waals surface area contributed by atoms with Crippen molar-refractivity contribution in [1.29, 1.82) is 0 Å². The van der Waals surface area contributed by atoms with E-state index in [2.05, 4.69) is 17.4 Å². The fraction of sp³-hybridized carbons (Fsp3) is 0.324. The van der Waals surface area contributed by atoms with Crippen LogP contribution in [-0.2, 0) is 27.1 Å². The zero-order valence-corrected chi connectivity index (χ0v) is 29.2. The van der Waals surface area contributed by atoms with Crippen LogP contribution >= 0.6 is 46.4 Å². The van der Waals surface area contributed by atoms with Gasteiger partial charge in [-0.1, -0.05) is 126 Å². The normalized spacial score (nSPS) is 14.6. The predicted molar refractivity (Wildman–Crippen MR) is 186 cm³/mol. The topological polar surface area (TPSA) is 98.5 Å². The number of rotatable bonds is 15. The molecule has 0 saturated heterocycles. The molecule has 5 rings (SSSR count). The van der Waals surface area contributed by atoms with Gasteiger partial charge in [-0.25, -0.2) is 9.78 Å². The van der Waals surface area contributed by atoms with Gasteiger partial charge in [-0.3, -0.25) is 9.50 Å². The lowest BCUT2D eigenvalue weighted by molar-refractivity contribution is -0.552. The second kappa shape index (κ2) is 16.0. The van der Waals surface area contributed by atoms with E-state index in [1.807, 2.05) is 66.7 Å². The average molecular weight is 739 g/mol. The molecule has 0 spiro atoms. The van der Waals surface area contributed by atoms with E-state index in [1.165, 1.54) is 0 Å². The van der Waals surface area contributed by atoms with Gasteiger partial charge in [0.25, 0.3) is 10.1 Å². The van der Waals surface area contributed by atoms with Gasteiger partial charge in [-0.05, 0) is 36.1 Å². The van der Waals surface area contributed by atoms with Crippen molar-refractivity contribution in [2.24, 2.45) is 0 Å². The zero-order chi connectivity index (χ0) is 33.4. The summed E-state index contributed by atoms with van der Waals surface area (Å²) in [7, 11) is -3.75. The van der Waals surface area contributed by atoms with Crippen molar-refractivity contribution < 1.29 is 26.7 Å². The molecule has 0 aliphatic carbocycles. The van der Waals surface area contributed by atoms with Gasteiger partial charge in [0.2, 0.25) is 3.79 Å². The summed E-state index contributed by atoms with van der Waals surface area (Å²) in [4.78, 5) is 18.6. The van der Waals surface area contributed by atoms with Crippen LogP contribution in [0, 0.1) is 0 Å². The predicted octanol–water partition coefficient (Wildman–Crippen LogP) is 7.61. The first-order chi connectivity index (χ1) is 22.5. The number of alkyl halides is 3. The Morgan fingerprint density at radius 2 is 1.60 bits per heavy atom. The monoisotopic (exact) mass is 736 g/mol. The Bertz CT molecular complexity index is 1790. The van der Waals surface area contributed by atoms with Gasteiger partial charge in [-0.15, -0.1) is 0 Å². The molecular formula is C34H34Cl4N3O5S+. The SMILES string of the molecule is O=C1C(Cc2ccc(OCCCCCCS(=O)(=O)OCC(Cl)(Cl)Cl)c(Cl)c2)Nc2c(Cc3ccccc3)nc(-c3ccccc3)c[n+]21. The zero-order valence-electron chi connectivity index (χ0n) is 25.4. The first-order valence-corrected chi connectivity index (χ1v) is 18.3. The summed E-state index contributed by atoms with van der Waals surface area (Å²) in [6.45, 7) is -0.0959. The Kier molecular flexibility index (Phi) is 12.0. The van der Waals surface area contributed by atoms with Crippen LogP contribution in [0.1, 0.15) is 47.3 Å². The van der Waals surface area contributed by atoms with Crippen molar-refractivity contribution in [2.45, 2.75) is 48.4 Å². The van der Waals surface area contributed by atoms with Gasteiger partial charge in [0.05, 0.1) is 17.4 Å². The van der Waals surface area contributed by atoms with E-state index in [4.69, 9.17) is 60.3 Å². The van der Waals surface area contributed by atoms with E-state index >= 15 is 0 Å². The smallest absolute Gasteiger partial charge is 0.359 e. The summed E-state index contributed by atoms with van der Waals surface area (Å²) in [5.74, 6) is 1.03. The molecule has 1 aliphatic rings. The molecule has 1 unspecified atom stereocenters. The highest BCUT2D eigenvalue weighted by molar-refractivity contribution is 7.86. The molecule has 0 bridgehead atoms. The maximum atomic E-state index is 13.7. The largest absolute Gasteiger partial charge is 0.492 e. The van der Waals surface area contributed by atoms with Gasteiger partial charge >= 0.3 is 11.7 Å². The highest BCUT2D eigenvalue weighted by Crippen LogP contribution is 2.29. The standard InChI is InChI=1S/C34H33Cl4N3O5S/c35-27-19-25(15-16-31(27)45-17-9-1-2-10-18-47(43,44)46-23-34(36,37)38)21-29-33(42)41-22-30(26-13-7-4-8-14-26)39-28(32(41)40-29)20-24-11-5-3-6-12-24/h3-8,11-16,19,22,29H,1-2,9-10,17-18,20-21,23H2/p+1. The number of fused-ring (bicyclic) bond motifs is 1. The number of ether oxygens (including phenoxy) is 1. The molecule has 1 aromatic heterocycles. The fourth-order valence-electron chi connectivity index (χ4n) is 5.23. The maximum Gasteiger partial charge on any atom is 0.359 e. The molecule has 0 saturated carbocycles. The number of anilines is 1. The van der Waals surface area contributed by atoms with Crippen molar-refractivity contribution in [3.63, 3.8) is 0 Å². The molecule has 0 amide bonds. The Hall–Kier alpha value is -2.92. The summed E-state index contributed by atoms with van der Waals surface area (Å²) < 4.78 is 34.3. The van der Waals surface area contributed by atoms with Crippen LogP contribution in [0.5, 0.6) is 5.75 Å². The Balaban J connectivity index is 1.16. The average Bonchev–Trinajstić information content (AvgIpc) is 3.36. The van der Waals surface area contributed by atoms with Gasteiger partial charge in [0.15, 0.2) is 6.04 Å². The van der Waals surface area contributed by atoms with E-state index in [-0.39, 0.29) is 11.7 Å². The highest BCUT2D eigenvalue weighted by atomic mass is 35.6. The molecule has 3 aromatic carbocycles. The first-order valence-electron chi connectivity index (χ1n) is 15.2. The molecule has 8 nitrogen and oxygen atoms in total. The minimum absolute atomic E-state index is 0.0602. The second-order valence-corrected chi connectivity index (χ2v) is 15.9. The summed E-state index contributed by atoms with van der Waals surface area (Å²) in [5.41, 5.74) is 4.46. The van der Waals surface area contributed by atoms with Crippen LogP contribution in [0.2, 0.25) is 5.02 Å². The van der Waals surface area contributed by atoms with Crippen molar-refractivity contribution in [2.75, 3.05) is 24.3 Å². The number of unbranched alkanes of at least 4 members (excludes halogenated alkanes) is 3. The molecule has 248 valence electrons. The molecule has 13 heteroatoms. The van der Waals surface area contributed by atoms with E-state index in [9.17, 15) is 13.2 Å². The lowest BCUT2D eigenvalue weighted by Crippen LogP contribution is -2.44. The maximum absolute atomic E-state index is 13.7. The first kappa shape index (κ1) is 35.4. The highest BCUT2D eigenvalue weighted by Gasteiger charge is 2.41.